The molecular formula is C25H46N2. The fourth-order valence-corrected chi connectivity index (χ4v) is 3.80. The minimum Gasteiger partial charge on any atom is -0.371 e. The molecule has 1 aromatic heterocycles. The van der Waals surface area contributed by atoms with Gasteiger partial charge in [-0.1, -0.05) is 104 Å². The Bertz CT molecular complexity index is 384. The maximum absolute atomic E-state index is 4.19. The largest absolute Gasteiger partial charge is 0.371 e. The number of anilines is 1. The molecule has 0 N–H and O–H groups in total. The van der Waals surface area contributed by atoms with E-state index in [4.69, 9.17) is 0 Å². The average Bonchev–Trinajstić information content (AvgIpc) is 2.71. The molecule has 0 aromatic carbocycles. The topological polar surface area (TPSA) is 16.1 Å². The van der Waals surface area contributed by atoms with Crippen LogP contribution >= 0.6 is 0 Å². The molecule has 1 aromatic rings. The van der Waals surface area contributed by atoms with E-state index in [-0.39, 0.29) is 0 Å². The Balaban J connectivity index is 2.17. The predicted octanol–water partition coefficient (Wildman–Crippen LogP) is 8.17. The Morgan fingerprint density at radius 3 is 1.33 bits per heavy atom. The van der Waals surface area contributed by atoms with E-state index in [1.54, 1.807) is 0 Å². The third kappa shape index (κ3) is 13.7. The van der Waals surface area contributed by atoms with Crippen molar-refractivity contribution in [1.82, 2.24) is 4.98 Å². The Labute approximate surface area is 170 Å². The van der Waals surface area contributed by atoms with Crippen LogP contribution in [-0.2, 0) is 0 Å². The van der Waals surface area contributed by atoms with Gasteiger partial charge in [0.05, 0.1) is 0 Å². The highest BCUT2D eigenvalue weighted by Crippen LogP contribution is 2.17. The van der Waals surface area contributed by atoms with Crippen LogP contribution in [0.2, 0.25) is 0 Å². The van der Waals surface area contributed by atoms with Crippen LogP contribution in [0, 0.1) is 0 Å². The van der Waals surface area contributed by atoms with Crippen LogP contribution in [0.25, 0.3) is 0 Å². The summed E-state index contributed by atoms with van der Waals surface area (Å²) >= 11 is 0. The maximum Gasteiger partial charge on any atom is 0.0397 e. The zero-order valence-electron chi connectivity index (χ0n) is 18.4. The molecule has 1 rings (SSSR count). The van der Waals surface area contributed by atoms with E-state index in [1.165, 1.54) is 122 Å². The van der Waals surface area contributed by atoms with Gasteiger partial charge in [-0.3, -0.25) is 4.98 Å². The summed E-state index contributed by atoms with van der Waals surface area (Å²) in [6.45, 7) is 6.99. The van der Waals surface area contributed by atoms with Crippen LogP contribution in [0.1, 0.15) is 117 Å². The minimum atomic E-state index is 1.20. The monoisotopic (exact) mass is 374 g/mol. The Kier molecular flexibility index (Phi) is 16.3. The second kappa shape index (κ2) is 18.3. The zero-order chi connectivity index (χ0) is 19.4. The second-order valence-electron chi connectivity index (χ2n) is 8.14. The molecule has 0 bridgehead atoms. The lowest BCUT2D eigenvalue weighted by atomic mass is 10.1. The summed E-state index contributed by atoms with van der Waals surface area (Å²) < 4.78 is 0. The van der Waals surface area contributed by atoms with E-state index in [0.29, 0.717) is 0 Å². The van der Waals surface area contributed by atoms with E-state index >= 15 is 0 Å². The van der Waals surface area contributed by atoms with E-state index in [1.807, 2.05) is 12.4 Å². The molecular weight excluding hydrogens is 328 g/mol. The summed E-state index contributed by atoms with van der Waals surface area (Å²) in [7, 11) is 0. The van der Waals surface area contributed by atoms with E-state index < -0.39 is 0 Å². The highest BCUT2D eigenvalue weighted by molar-refractivity contribution is 5.44. The zero-order valence-corrected chi connectivity index (χ0v) is 18.4. The molecule has 2 nitrogen and oxygen atoms in total. The Hall–Kier alpha value is -1.05. The van der Waals surface area contributed by atoms with Gasteiger partial charge in [0.25, 0.3) is 0 Å². The molecule has 0 atom stereocenters. The van der Waals surface area contributed by atoms with E-state index in [9.17, 15) is 0 Å². The summed E-state index contributed by atoms with van der Waals surface area (Å²) in [5, 5.41) is 0. The number of hydrogen-bond donors (Lipinski definition) is 0. The molecule has 0 aliphatic rings. The molecule has 27 heavy (non-hydrogen) atoms. The standard InChI is InChI=1S/C25H46N2/c1-3-5-7-9-11-13-15-17-23-27(25-19-21-26-22-20-25)24-18-16-14-12-10-8-6-4-2/h19-22H,3-18,23-24H2,1-2H3. The molecule has 0 saturated heterocycles. The van der Waals surface area contributed by atoms with Gasteiger partial charge in [0.2, 0.25) is 0 Å². The number of aromatic nitrogens is 1. The van der Waals surface area contributed by atoms with Gasteiger partial charge in [0, 0.05) is 31.2 Å². The van der Waals surface area contributed by atoms with Crippen molar-refractivity contribution in [2.24, 2.45) is 0 Å². The first-order valence-corrected chi connectivity index (χ1v) is 12.0. The van der Waals surface area contributed by atoms with Gasteiger partial charge in [-0.25, -0.2) is 0 Å². The molecule has 0 aliphatic heterocycles. The highest BCUT2D eigenvalue weighted by Gasteiger charge is 2.06. The van der Waals surface area contributed by atoms with Crippen molar-refractivity contribution in [3.8, 4) is 0 Å². The number of rotatable bonds is 19. The van der Waals surface area contributed by atoms with Gasteiger partial charge < -0.3 is 4.90 Å². The first kappa shape index (κ1) is 24.0. The van der Waals surface area contributed by atoms with Gasteiger partial charge in [-0.15, -0.1) is 0 Å². The van der Waals surface area contributed by atoms with Gasteiger partial charge in [0.15, 0.2) is 0 Å². The van der Waals surface area contributed by atoms with Crippen LogP contribution in [0.3, 0.4) is 0 Å². The average molecular weight is 375 g/mol. The summed E-state index contributed by atoms with van der Waals surface area (Å²) in [6, 6.07) is 4.35. The third-order valence-corrected chi connectivity index (χ3v) is 5.59. The predicted molar refractivity (Wildman–Crippen MR) is 122 cm³/mol. The quantitative estimate of drug-likeness (QED) is 0.227. The number of nitrogens with zero attached hydrogens (tertiary/aromatic N) is 2. The van der Waals surface area contributed by atoms with Crippen molar-refractivity contribution in [3.63, 3.8) is 0 Å². The molecule has 0 unspecified atom stereocenters. The first-order valence-electron chi connectivity index (χ1n) is 12.0. The molecule has 0 saturated carbocycles. The molecule has 2 heteroatoms. The fraction of sp³-hybridized carbons (Fsp3) is 0.800. The van der Waals surface area contributed by atoms with Crippen LogP contribution in [0.5, 0.6) is 0 Å². The van der Waals surface area contributed by atoms with Crippen molar-refractivity contribution in [2.75, 3.05) is 18.0 Å². The van der Waals surface area contributed by atoms with Crippen molar-refractivity contribution >= 4 is 5.69 Å². The molecule has 0 fully saturated rings. The van der Waals surface area contributed by atoms with Crippen LogP contribution in [-0.4, -0.2) is 18.1 Å². The third-order valence-electron chi connectivity index (χ3n) is 5.59. The summed E-state index contributed by atoms with van der Waals surface area (Å²) in [5.74, 6) is 0. The smallest absolute Gasteiger partial charge is 0.0397 e. The number of pyridine rings is 1. The van der Waals surface area contributed by atoms with Crippen molar-refractivity contribution < 1.29 is 0 Å². The van der Waals surface area contributed by atoms with E-state index in [2.05, 4.69) is 35.9 Å². The van der Waals surface area contributed by atoms with Crippen molar-refractivity contribution in [2.45, 2.75) is 117 Å². The van der Waals surface area contributed by atoms with E-state index in [0.717, 1.165) is 0 Å². The van der Waals surface area contributed by atoms with Crippen LogP contribution in [0.15, 0.2) is 24.5 Å². The number of unbranched alkanes of at least 4 members (excludes halogenated alkanes) is 14. The maximum atomic E-state index is 4.19. The lowest BCUT2D eigenvalue weighted by molar-refractivity contribution is 0.555. The molecule has 0 aliphatic carbocycles. The molecule has 156 valence electrons. The second-order valence-corrected chi connectivity index (χ2v) is 8.14. The number of hydrogen-bond acceptors (Lipinski definition) is 2. The van der Waals surface area contributed by atoms with Gasteiger partial charge in [-0.2, -0.15) is 0 Å². The first-order chi connectivity index (χ1) is 13.4. The van der Waals surface area contributed by atoms with Crippen molar-refractivity contribution in [3.05, 3.63) is 24.5 Å². The summed E-state index contributed by atoms with van der Waals surface area (Å²) in [4.78, 5) is 6.78. The Morgan fingerprint density at radius 2 is 0.926 bits per heavy atom. The normalized spacial score (nSPS) is 11.0. The van der Waals surface area contributed by atoms with Gasteiger partial charge in [0.1, 0.15) is 0 Å². The molecule has 0 spiro atoms. The minimum absolute atomic E-state index is 1.20. The highest BCUT2D eigenvalue weighted by atomic mass is 15.1. The van der Waals surface area contributed by atoms with Gasteiger partial charge >= 0.3 is 0 Å². The Morgan fingerprint density at radius 1 is 0.556 bits per heavy atom. The fourth-order valence-electron chi connectivity index (χ4n) is 3.80. The lowest BCUT2D eigenvalue weighted by Gasteiger charge is -2.25. The van der Waals surface area contributed by atoms with Crippen LogP contribution < -0.4 is 4.90 Å². The SMILES string of the molecule is CCCCCCCCCCN(CCCCCCCCCC)c1ccncc1. The van der Waals surface area contributed by atoms with Gasteiger partial charge in [-0.05, 0) is 25.0 Å². The molecule has 1 heterocycles. The summed E-state index contributed by atoms with van der Waals surface area (Å²) in [6.07, 6.45) is 26.2. The van der Waals surface area contributed by atoms with Crippen LogP contribution in [0.4, 0.5) is 5.69 Å². The summed E-state index contributed by atoms with van der Waals surface area (Å²) in [5.41, 5.74) is 1.36. The molecule has 0 radical (unpaired) electrons. The van der Waals surface area contributed by atoms with Crippen molar-refractivity contribution in [1.29, 1.82) is 0 Å². The molecule has 0 amide bonds. The lowest BCUT2D eigenvalue weighted by Crippen LogP contribution is -2.25.